The zero-order valence-corrected chi connectivity index (χ0v) is 8.02. The van der Waals surface area contributed by atoms with Gasteiger partial charge in [0.25, 0.3) is 0 Å². The second-order valence-corrected chi connectivity index (χ2v) is 3.30. The molecule has 0 atom stereocenters. The Hall–Kier alpha value is -1.97. The van der Waals surface area contributed by atoms with Crippen LogP contribution >= 0.6 is 0 Å². The Kier molecular flexibility index (Phi) is 2.33. The number of nitrogen functional groups attached to an aromatic ring is 1. The van der Waals surface area contributed by atoms with Crippen molar-refractivity contribution in [2.75, 3.05) is 17.2 Å². The summed E-state index contributed by atoms with van der Waals surface area (Å²) < 4.78 is 13.2. The maximum atomic E-state index is 13.2. The predicted octanol–water partition coefficient (Wildman–Crippen LogP) is 2.18. The van der Waals surface area contributed by atoms with Gasteiger partial charge in [0.2, 0.25) is 0 Å². The molecule has 0 bridgehead atoms. The quantitative estimate of drug-likeness (QED) is 0.692. The van der Waals surface area contributed by atoms with Crippen molar-refractivity contribution in [3.05, 3.63) is 48.1 Å². The van der Waals surface area contributed by atoms with Gasteiger partial charge in [0.1, 0.15) is 11.6 Å². The van der Waals surface area contributed by atoms with E-state index < -0.39 is 5.82 Å². The van der Waals surface area contributed by atoms with E-state index in [0.29, 0.717) is 12.2 Å². The third-order valence-corrected chi connectivity index (χ3v) is 2.24. The van der Waals surface area contributed by atoms with Crippen molar-refractivity contribution < 1.29 is 9.50 Å². The molecule has 4 heteroatoms. The normalized spacial score (nSPS) is 15.3. The number of aliphatic hydroxyl groups is 1. The van der Waals surface area contributed by atoms with Gasteiger partial charge in [-0.1, -0.05) is 0 Å². The van der Waals surface area contributed by atoms with Gasteiger partial charge in [-0.25, -0.2) is 4.39 Å². The maximum Gasteiger partial charge on any atom is 0.148 e. The van der Waals surface area contributed by atoms with Crippen LogP contribution in [0.15, 0.2) is 42.3 Å². The van der Waals surface area contributed by atoms with Gasteiger partial charge in [-0.2, -0.15) is 0 Å². The summed E-state index contributed by atoms with van der Waals surface area (Å²) in [6.45, 7) is 0.520. The second kappa shape index (κ2) is 3.65. The number of anilines is 2. The molecule has 0 fully saturated rings. The Balaban J connectivity index is 2.25. The van der Waals surface area contributed by atoms with Crippen molar-refractivity contribution in [3.63, 3.8) is 0 Å². The Bertz CT molecular complexity index is 440. The van der Waals surface area contributed by atoms with E-state index in [-0.39, 0.29) is 11.4 Å². The van der Waals surface area contributed by atoms with Crippen LogP contribution in [0.3, 0.4) is 0 Å². The number of halogens is 1. The summed E-state index contributed by atoms with van der Waals surface area (Å²) in [6.07, 6.45) is 4.90. The molecule has 0 aromatic heterocycles. The zero-order chi connectivity index (χ0) is 10.8. The molecule has 78 valence electrons. The molecule has 1 aromatic rings. The number of nitrogens with zero attached hydrogens (tertiary/aromatic N) is 1. The molecule has 2 rings (SSSR count). The SMILES string of the molecule is Nc1ccc(N2C=CC(O)=CC2)cc1F. The molecule has 15 heavy (non-hydrogen) atoms. The van der Waals surface area contributed by atoms with E-state index in [1.807, 2.05) is 4.90 Å². The molecule has 0 amide bonds. The second-order valence-electron chi connectivity index (χ2n) is 3.30. The van der Waals surface area contributed by atoms with Crippen molar-refractivity contribution in [2.45, 2.75) is 0 Å². The number of nitrogens with two attached hydrogens (primary N) is 1. The van der Waals surface area contributed by atoms with Crippen molar-refractivity contribution in [1.82, 2.24) is 0 Å². The number of benzene rings is 1. The van der Waals surface area contributed by atoms with Gasteiger partial charge >= 0.3 is 0 Å². The van der Waals surface area contributed by atoms with Crippen molar-refractivity contribution >= 4 is 11.4 Å². The fourth-order valence-electron chi connectivity index (χ4n) is 1.37. The standard InChI is InChI=1S/C11H11FN2O/c12-10-7-8(1-2-11(10)13)14-5-3-9(15)4-6-14/h1-5,7,15H,6,13H2. The highest BCUT2D eigenvalue weighted by Crippen LogP contribution is 2.21. The number of rotatable bonds is 1. The maximum absolute atomic E-state index is 13.2. The van der Waals surface area contributed by atoms with Crippen molar-refractivity contribution in [3.8, 4) is 0 Å². The minimum Gasteiger partial charge on any atom is -0.508 e. The molecule has 0 aliphatic carbocycles. The third kappa shape index (κ3) is 1.93. The summed E-state index contributed by atoms with van der Waals surface area (Å²) in [5.41, 5.74) is 6.22. The van der Waals surface area contributed by atoms with Crippen LogP contribution in [0.5, 0.6) is 0 Å². The van der Waals surface area contributed by atoms with E-state index >= 15 is 0 Å². The van der Waals surface area contributed by atoms with Crippen molar-refractivity contribution in [2.24, 2.45) is 0 Å². The lowest BCUT2D eigenvalue weighted by Gasteiger charge is -2.21. The average molecular weight is 206 g/mol. The van der Waals surface area contributed by atoms with Crippen LogP contribution in [0.4, 0.5) is 15.8 Å². The molecule has 0 radical (unpaired) electrons. The van der Waals surface area contributed by atoms with E-state index in [2.05, 4.69) is 0 Å². The number of hydrogen-bond acceptors (Lipinski definition) is 3. The lowest BCUT2D eigenvalue weighted by atomic mass is 10.2. The van der Waals surface area contributed by atoms with E-state index in [1.54, 1.807) is 24.4 Å². The van der Waals surface area contributed by atoms with Crippen molar-refractivity contribution in [1.29, 1.82) is 0 Å². The molecule has 1 aromatic carbocycles. The minimum absolute atomic E-state index is 0.137. The van der Waals surface area contributed by atoms with Crippen LogP contribution in [-0.2, 0) is 0 Å². The highest BCUT2D eigenvalue weighted by molar-refractivity contribution is 5.57. The average Bonchev–Trinajstić information content (AvgIpc) is 2.23. The number of hydrogen-bond donors (Lipinski definition) is 2. The minimum atomic E-state index is -0.431. The lowest BCUT2D eigenvalue weighted by molar-refractivity contribution is 0.428. The van der Waals surface area contributed by atoms with E-state index in [9.17, 15) is 4.39 Å². The smallest absolute Gasteiger partial charge is 0.148 e. The molecule has 0 saturated heterocycles. The van der Waals surface area contributed by atoms with Crippen LogP contribution in [0.25, 0.3) is 0 Å². The lowest BCUT2D eigenvalue weighted by Crippen LogP contribution is -2.18. The Morgan fingerprint density at radius 1 is 1.40 bits per heavy atom. The highest BCUT2D eigenvalue weighted by atomic mass is 19.1. The van der Waals surface area contributed by atoms with Crippen LogP contribution in [0.2, 0.25) is 0 Å². The molecule has 0 spiro atoms. The van der Waals surface area contributed by atoms with Gasteiger partial charge in [0, 0.05) is 18.4 Å². The first-order valence-electron chi connectivity index (χ1n) is 4.56. The first-order valence-corrected chi connectivity index (χ1v) is 4.56. The summed E-state index contributed by atoms with van der Waals surface area (Å²) in [5.74, 6) is -0.207. The summed E-state index contributed by atoms with van der Waals surface area (Å²) >= 11 is 0. The van der Waals surface area contributed by atoms with Crippen LogP contribution in [0, 0.1) is 5.82 Å². The Morgan fingerprint density at radius 3 is 2.80 bits per heavy atom. The van der Waals surface area contributed by atoms with E-state index in [0.717, 1.165) is 0 Å². The number of allylic oxidation sites excluding steroid dienone is 1. The van der Waals surface area contributed by atoms with E-state index in [4.69, 9.17) is 10.8 Å². The molecule has 3 nitrogen and oxygen atoms in total. The topological polar surface area (TPSA) is 49.5 Å². The number of aliphatic hydroxyl groups excluding tert-OH is 1. The van der Waals surface area contributed by atoms with Gasteiger partial charge in [0.15, 0.2) is 0 Å². The first-order chi connectivity index (χ1) is 7.16. The molecular weight excluding hydrogens is 195 g/mol. The van der Waals surface area contributed by atoms with Gasteiger partial charge < -0.3 is 15.7 Å². The van der Waals surface area contributed by atoms with Crippen LogP contribution in [-0.4, -0.2) is 11.7 Å². The molecule has 0 saturated carbocycles. The van der Waals surface area contributed by atoms with Crippen LogP contribution in [0.1, 0.15) is 0 Å². The fraction of sp³-hybridized carbons (Fsp3) is 0.0909. The molecule has 1 heterocycles. The molecule has 3 N–H and O–H groups in total. The van der Waals surface area contributed by atoms with Crippen LogP contribution < -0.4 is 10.6 Å². The monoisotopic (exact) mass is 206 g/mol. The zero-order valence-electron chi connectivity index (χ0n) is 8.02. The molecular formula is C11H11FN2O. The Labute approximate surface area is 86.9 Å². The predicted molar refractivity (Wildman–Crippen MR) is 58.0 cm³/mol. The van der Waals surface area contributed by atoms with Gasteiger partial charge in [-0.15, -0.1) is 0 Å². The fourth-order valence-corrected chi connectivity index (χ4v) is 1.37. The highest BCUT2D eigenvalue weighted by Gasteiger charge is 2.08. The summed E-state index contributed by atoms with van der Waals surface area (Å²) in [7, 11) is 0. The van der Waals surface area contributed by atoms with Gasteiger partial charge in [-0.05, 0) is 30.4 Å². The van der Waals surface area contributed by atoms with Gasteiger partial charge in [-0.3, -0.25) is 0 Å². The van der Waals surface area contributed by atoms with E-state index in [1.165, 1.54) is 12.1 Å². The molecule has 1 aliphatic rings. The third-order valence-electron chi connectivity index (χ3n) is 2.24. The summed E-state index contributed by atoms with van der Waals surface area (Å²) in [4.78, 5) is 1.81. The summed E-state index contributed by atoms with van der Waals surface area (Å²) in [5, 5.41) is 9.13. The molecule has 1 aliphatic heterocycles. The van der Waals surface area contributed by atoms with Gasteiger partial charge in [0.05, 0.1) is 5.69 Å². The Morgan fingerprint density at radius 2 is 2.20 bits per heavy atom. The molecule has 0 unspecified atom stereocenters. The summed E-state index contributed by atoms with van der Waals surface area (Å²) in [6, 6.07) is 4.63. The first kappa shape index (κ1) is 9.58. The largest absolute Gasteiger partial charge is 0.508 e.